The van der Waals surface area contributed by atoms with Crippen LogP contribution in [-0.2, 0) is 5.60 Å². The van der Waals surface area contributed by atoms with E-state index in [9.17, 15) is 18.7 Å². The van der Waals surface area contributed by atoms with Crippen LogP contribution in [0.3, 0.4) is 0 Å². The number of pyridine rings is 1. The van der Waals surface area contributed by atoms with Gasteiger partial charge in [0, 0.05) is 4.88 Å². The first-order valence-electron chi connectivity index (χ1n) is 8.65. The van der Waals surface area contributed by atoms with E-state index in [1.807, 2.05) is 0 Å². The molecular weight excluding hydrogens is 416 g/mol. The molecule has 1 aromatic carbocycles. The van der Waals surface area contributed by atoms with E-state index in [1.165, 1.54) is 19.9 Å². The van der Waals surface area contributed by atoms with Gasteiger partial charge in [0.15, 0.2) is 5.52 Å². The number of aromatic nitrogens is 3. The van der Waals surface area contributed by atoms with E-state index in [-0.39, 0.29) is 32.2 Å². The standard InChI is InChI=1S/C19H15F2N5O3S/c1-19(2,28)8-5-10(20)15(11(21)6-8)13-7-9(16(22)27)18(30-13)24-14-4-3-12-17(23-14)26-29-25-12/h3-7,28H,1-2H3,(H2,22,27)(H,23,24,26). The summed E-state index contributed by atoms with van der Waals surface area (Å²) in [5, 5.41) is 20.5. The minimum atomic E-state index is -1.42. The van der Waals surface area contributed by atoms with Crippen molar-refractivity contribution in [3.8, 4) is 10.4 Å². The largest absolute Gasteiger partial charge is 0.386 e. The molecule has 0 saturated carbocycles. The highest BCUT2D eigenvalue weighted by Gasteiger charge is 2.24. The van der Waals surface area contributed by atoms with E-state index in [4.69, 9.17) is 5.73 Å². The number of hydrogen-bond acceptors (Lipinski definition) is 8. The molecule has 4 aromatic rings. The Balaban J connectivity index is 1.77. The molecule has 0 spiro atoms. The summed E-state index contributed by atoms with van der Waals surface area (Å²) >= 11 is 0.931. The molecule has 154 valence electrons. The van der Waals surface area contributed by atoms with Crippen molar-refractivity contribution < 1.29 is 23.3 Å². The van der Waals surface area contributed by atoms with E-state index in [0.717, 1.165) is 23.5 Å². The normalized spacial score (nSPS) is 11.8. The molecule has 4 rings (SSSR count). The van der Waals surface area contributed by atoms with Crippen molar-refractivity contribution in [2.45, 2.75) is 19.4 Å². The second-order valence-corrected chi connectivity index (χ2v) is 8.07. The number of carbonyl (C=O) groups excluding carboxylic acids is 1. The van der Waals surface area contributed by atoms with Crippen molar-refractivity contribution in [2.75, 3.05) is 5.32 Å². The summed E-state index contributed by atoms with van der Waals surface area (Å²) in [6, 6.07) is 6.60. The van der Waals surface area contributed by atoms with Gasteiger partial charge >= 0.3 is 0 Å². The number of nitrogens with zero attached hydrogens (tertiary/aromatic N) is 3. The molecule has 1 amide bonds. The Morgan fingerprint density at radius 3 is 2.53 bits per heavy atom. The monoisotopic (exact) mass is 431 g/mol. The number of thiophene rings is 1. The van der Waals surface area contributed by atoms with Gasteiger partial charge in [0.2, 0.25) is 5.65 Å². The first-order chi connectivity index (χ1) is 14.1. The fourth-order valence-electron chi connectivity index (χ4n) is 2.82. The molecule has 0 atom stereocenters. The predicted octanol–water partition coefficient (Wildman–Crippen LogP) is 3.69. The van der Waals surface area contributed by atoms with Crippen molar-refractivity contribution in [3.63, 3.8) is 0 Å². The number of rotatable bonds is 5. The topological polar surface area (TPSA) is 127 Å². The molecule has 30 heavy (non-hydrogen) atoms. The molecule has 0 aliphatic heterocycles. The number of carbonyl (C=O) groups is 1. The SMILES string of the molecule is CC(C)(O)c1cc(F)c(-c2cc(C(N)=O)c(Nc3ccc4nonc4n3)s2)c(F)c1. The number of fused-ring (bicyclic) bond motifs is 1. The van der Waals surface area contributed by atoms with Crippen LogP contribution in [0.15, 0.2) is 35.0 Å². The summed E-state index contributed by atoms with van der Waals surface area (Å²) < 4.78 is 34.0. The highest BCUT2D eigenvalue weighted by Crippen LogP contribution is 2.40. The Bertz CT molecular complexity index is 1260. The van der Waals surface area contributed by atoms with Crippen molar-refractivity contribution >= 4 is 39.2 Å². The van der Waals surface area contributed by atoms with Crippen LogP contribution in [0.4, 0.5) is 19.6 Å². The molecule has 3 aromatic heterocycles. The molecule has 0 saturated heterocycles. The molecule has 11 heteroatoms. The summed E-state index contributed by atoms with van der Waals surface area (Å²) in [5.74, 6) is -2.21. The fraction of sp³-hybridized carbons (Fsp3) is 0.158. The Kier molecular flexibility index (Phi) is 4.71. The Hall–Kier alpha value is -3.44. The van der Waals surface area contributed by atoms with Crippen LogP contribution in [0.2, 0.25) is 0 Å². The lowest BCUT2D eigenvalue weighted by Gasteiger charge is -2.18. The van der Waals surface area contributed by atoms with Crippen LogP contribution >= 0.6 is 11.3 Å². The maximum absolute atomic E-state index is 14.7. The number of nitrogens with one attached hydrogen (secondary N) is 1. The number of primary amides is 1. The number of hydrogen-bond donors (Lipinski definition) is 3. The average Bonchev–Trinajstić information content (AvgIpc) is 3.27. The lowest BCUT2D eigenvalue weighted by atomic mass is 9.96. The molecule has 3 heterocycles. The van der Waals surface area contributed by atoms with Gasteiger partial charge in [0.05, 0.1) is 16.7 Å². The fourth-order valence-corrected chi connectivity index (χ4v) is 3.94. The van der Waals surface area contributed by atoms with Gasteiger partial charge in [-0.25, -0.2) is 18.4 Å². The number of amides is 1. The number of halogens is 2. The molecule has 0 aliphatic carbocycles. The minimum absolute atomic E-state index is 0.0422. The van der Waals surface area contributed by atoms with Crippen molar-refractivity contribution in [3.05, 3.63) is 53.1 Å². The van der Waals surface area contributed by atoms with E-state index in [2.05, 4.69) is 25.2 Å². The number of nitrogens with two attached hydrogens (primary N) is 1. The van der Waals surface area contributed by atoms with Crippen LogP contribution in [-0.4, -0.2) is 26.3 Å². The Labute approximate surface area is 172 Å². The van der Waals surface area contributed by atoms with Crippen molar-refractivity contribution in [2.24, 2.45) is 5.73 Å². The first-order valence-corrected chi connectivity index (χ1v) is 9.47. The van der Waals surface area contributed by atoms with Gasteiger partial charge < -0.3 is 16.2 Å². The quantitative estimate of drug-likeness (QED) is 0.440. The maximum Gasteiger partial charge on any atom is 0.251 e. The third kappa shape index (κ3) is 3.60. The zero-order valence-corrected chi connectivity index (χ0v) is 16.6. The van der Waals surface area contributed by atoms with Gasteiger partial charge in [-0.2, -0.15) is 0 Å². The number of aliphatic hydroxyl groups is 1. The minimum Gasteiger partial charge on any atom is -0.386 e. The third-order valence-electron chi connectivity index (χ3n) is 4.36. The van der Waals surface area contributed by atoms with Crippen molar-refractivity contribution in [1.29, 1.82) is 0 Å². The zero-order chi connectivity index (χ0) is 21.6. The summed E-state index contributed by atoms with van der Waals surface area (Å²) in [6.07, 6.45) is 0. The van der Waals surface area contributed by atoms with E-state index >= 15 is 0 Å². The lowest BCUT2D eigenvalue weighted by Crippen LogP contribution is -2.16. The van der Waals surface area contributed by atoms with Gasteiger partial charge in [-0.15, -0.1) is 11.3 Å². The van der Waals surface area contributed by atoms with Crippen LogP contribution < -0.4 is 11.1 Å². The van der Waals surface area contributed by atoms with E-state index in [1.54, 1.807) is 12.1 Å². The van der Waals surface area contributed by atoms with Gasteiger partial charge in [-0.1, -0.05) is 0 Å². The third-order valence-corrected chi connectivity index (χ3v) is 5.42. The van der Waals surface area contributed by atoms with Crippen LogP contribution in [0.25, 0.3) is 21.6 Å². The van der Waals surface area contributed by atoms with Crippen LogP contribution in [0, 0.1) is 11.6 Å². The second kappa shape index (κ2) is 7.11. The summed E-state index contributed by atoms with van der Waals surface area (Å²) in [7, 11) is 0. The van der Waals surface area contributed by atoms with E-state index in [0.29, 0.717) is 11.3 Å². The van der Waals surface area contributed by atoms with Crippen molar-refractivity contribution in [1.82, 2.24) is 15.3 Å². The Morgan fingerprint density at radius 1 is 1.20 bits per heavy atom. The number of benzene rings is 1. The maximum atomic E-state index is 14.7. The molecule has 8 nitrogen and oxygen atoms in total. The predicted molar refractivity (Wildman–Crippen MR) is 106 cm³/mol. The smallest absolute Gasteiger partial charge is 0.251 e. The van der Waals surface area contributed by atoms with Gasteiger partial charge in [0.1, 0.15) is 22.5 Å². The van der Waals surface area contributed by atoms with Crippen LogP contribution in [0.1, 0.15) is 29.8 Å². The summed E-state index contributed by atoms with van der Waals surface area (Å²) in [5.41, 5.74) is 4.52. The number of anilines is 2. The molecule has 4 N–H and O–H groups in total. The summed E-state index contributed by atoms with van der Waals surface area (Å²) in [6.45, 7) is 2.85. The molecule has 0 fully saturated rings. The molecule has 0 bridgehead atoms. The highest BCUT2D eigenvalue weighted by atomic mass is 32.1. The van der Waals surface area contributed by atoms with Gasteiger partial charge in [-0.3, -0.25) is 4.79 Å². The van der Waals surface area contributed by atoms with Gasteiger partial charge in [-0.05, 0) is 60.1 Å². The van der Waals surface area contributed by atoms with E-state index < -0.39 is 23.1 Å². The second-order valence-electron chi connectivity index (χ2n) is 7.02. The Morgan fingerprint density at radius 2 is 1.90 bits per heavy atom. The zero-order valence-electron chi connectivity index (χ0n) is 15.7. The van der Waals surface area contributed by atoms with Gasteiger partial charge in [0.25, 0.3) is 5.91 Å². The molecule has 0 radical (unpaired) electrons. The van der Waals surface area contributed by atoms with Crippen LogP contribution in [0.5, 0.6) is 0 Å². The molecule has 0 unspecified atom stereocenters. The highest BCUT2D eigenvalue weighted by molar-refractivity contribution is 7.20. The summed E-state index contributed by atoms with van der Waals surface area (Å²) in [4.78, 5) is 16.2. The molecular formula is C19H15F2N5O3S. The first kappa shape index (κ1) is 19.9. The lowest BCUT2D eigenvalue weighted by molar-refractivity contribution is 0.0778. The average molecular weight is 431 g/mol. The molecule has 0 aliphatic rings.